The largest absolute Gasteiger partial charge is 0.365 e. The number of aryl methyl sites for hydroxylation is 1. The van der Waals surface area contributed by atoms with E-state index in [0.29, 0.717) is 0 Å². The van der Waals surface area contributed by atoms with E-state index in [2.05, 4.69) is 45.3 Å². The second-order valence-corrected chi connectivity index (χ2v) is 4.72. The highest BCUT2D eigenvalue weighted by molar-refractivity contribution is 9.10. The highest BCUT2D eigenvalue weighted by Crippen LogP contribution is 2.30. The lowest BCUT2D eigenvalue weighted by atomic mass is 10.2. The number of nitrogens with zero attached hydrogens (tertiary/aromatic N) is 1. The number of hydrogen-bond acceptors (Lipinski definition) is 3. The third-order valence-corrected chi connectivity index (χ3v) is 3.77. The zero-order valence-corrected chi connectivity index (χ0v) is 9.79. The molecule has 2 nitrogen and oxygen atoms in total. The summed E-state index contributed by atoms with van der Waals surface area (Å²) < 4.78 is 2.35. The molecule has 0 saturated carbocycles. The molecule has 13 heavy (non-hydrogen) atoms. The van der Waals surface area contributed by atoms with E-state index in [1.165, 1.54) is 10.3 Å². The first kappa shape index (κ1) is 8.97. The number of thiazole rings is 1. The summed E-state index contributed by atoms with van der Waals surface area (Å²) in [5.74, 6) is 0. The summed E-state index contributed by atoms with van der Waals surface area (Å²) in [6.45, 7) is 2.07. The Hall–Kier alpha value is -0.610. The Balaban J connectivity index is 2.70. The molecule has 2 aromatic rings. The van der Waals surface area contributed by atoms with Gasteiger partial charge in [0.2, 0.25) is 0 Å². The van der Waals surface area contributed by atoms with Crippen LogP contribution >= 0.6 is 27.3 Å². The monoisotopic (exact) mass is 256 g/mol. The molecule has 0 aliphatic carbocycles. The summed E-state index contributed by atoms with van der Waals surface area (Å²) in [7, 11) is 1.89. The third kappa shape index (κ3) is 1.56. The van der Waals surface area contributed by atoms with Crippen LogP contribution in [-0.4, -0.2) is 12.0 Å². The fraction of sp³-hybridized carbons (Fsp3) is 0.222. The third-order valence-electron chi connectivity index (χ3n) is 1.88. The number of anilines is 1. The van der Waals surface area contributed by atoms with Crippen LogP contribution < -0.4 is 5.32 Å². The van der Waals surface area contributed by atoms with Crippen molar-refractivity contribution in [3.8, 4) is 0 Å². The van der Waals surface area contributed by atoms with Crippen LogP contribution in [0.25, 0.3) is 10.2 Å². The lowest BCUT2D eigenvalue weighted by molar-refractivity contribution is 1.39. The Morgan fingerprint density at radius 3 is 2.92 bits per heavy atom. The molecular weight excluding hydrogens is 248 g/mol. The maximum Gasteiger partial charge on any atom is 0.183 e. The molecule has 0 unspecified atom stereocenters. The SMILES string of the molecule is CNc1nc2cc(C)c(Br)cc2s1. The quantitative estimate of drug-likeness (QED) is 0.846. The molecule has 0 bridgehead atoms. The summed E-state index contributed by atoms with van der Waals surface area (Å²) in [4.78, 5) is 4.42. The van der Waals surface area contributed by atoms with Gasteiger partial charge >= 0.3 is 0 Å². The van der Waals surface area contributed by atoms with Gasteiger partial charge in [0.15, 0.2) is 5.13 Å². The number of nitrogens with one attached hydrogen (secondary N) is 1. The highest BCUT2D eigenvalue weighted by Gasteiger charge is 2.04. The van der Waals surface area contributed by atoms with E-state index in [-0.39, 0.29) is 0 Å². The number of aromatic nitrogens is 1. The normalized spacial score (nSPS) is 10.7. The summed E-state index contributed by atoms with van der Waals surface area (Å²) in [5.41, 5.74) is 2.29. The molecule has 1 aromatic heterocycles. The average molecular weight is 257 g/mol. The van der Waals surface area contributed by atoms with Crippen LogP contribution in [0.4, 0.5) is 5.13 Å². The second kappa shape index (κ2) is 3.27. The van der Waals surface area contributed by atoms with Crippen molar-refractivity contribution in [2.45, 2.75) is 6.92 Å². The van der Waals surface area contributed by atoms with Gasteiger partial charge in [-0.2, -0.15) is 0 Å². The van der Waals surface area contributed by atoms with Crippen molar-refractivity contribution in [1.29, 1.82) is 0 Å². The Bertz CT molecular complexity index is 411. The fourth-order valence-electron chi connectivity index (χ4n) is 1.16. The molecule has 0 saturated heterocycles. The number of rotatable bonds is 1. The predicted octanol–water partition coefficient (Wildman–Crippen LogP) is 3.41. The van der Waals surface area contributed by atoms with Gasteiger partial charge in [0.25, 0.3) is 0 Å². The molecule has 0 aliphatic heterocycles. The Labute approximate surface area is 89.1 Å². The van der Waals surface area contributed by atoms with E-state index in [0.717, 1.165) is 15.1 Å². The Kier molecular flexibility index (Phi) is 2.26. The van der Waals surface area contributed by atoms with E-state index in [4.69, 9.17) is 0 Å². The Morgan fingerprint density at radius 1 is 1.46 bits per heavy atom. The minimum absolute atomic E-state index is 0.965. The smallest absolute Gasteiger partial charge is 0.183 e. The van der Waals surface area contributed by atoms with Gasteiger partial charge < -0.3 is 5.32 Å². The van der Waals surface area contributed by atoms with Crippen molar-refractivity contribution in [3.63, 3.8) is 0 Å². The zero-order valence-electron chi connectivity index (χ0n) is 7.39. The minimum Gasteiger partial charge on any atom is -0.365 e. The first-order valence-electron chi connectivity index (χ1n) is 3.95. The molecule has 0 fully saturated rings. The van der Waals surface area contributed by atoms with Gasteiger partial charge in [-0.25, -0.2) is 4.98 Å². The lowest BCUT2D eigenvalue weighted by Gasteiger charge is -1.95. The van der Waals surface area contributed by atoms with Crippen LogP contribution in [0.3, 0.4) is 0 Å². The van der Waals surface area contributed by atoms with Gasteiger partial charge in [0.05, 0.1) is 10.2 Å². The van der Waals surface area contributed by atoms with E-state index in [9.17, 15) is 0 Å². The molecule has 0 atom stereocenters. The van der Waals surface area contributed by atoms with Gasteiger partial charge in [-0.15, -0.1) is 0 Å². The molecule has 4 heteroatoms. The van der Waals surface area contributed by atoms with E-state index < -0.39 is 0 Å². The molecule has 1 heterocycles. The molecule has 0 aliphatic rings. The van der Waals surface area contributed by atoms with Crippen molar-refractivity contribution in [2.75, 3.05) is 12.4 Å². The predicted molar refractivity (Wildman–Crippen MR) is 61.6 cm³/mol. The van der Waals surface area contributed by atoms with Gasteiger partial charge in [-0.1, -0.05) is 27.3 Å². The number of benzene rings is 1. The average Bonchev–Trinajstić information content (AvgIpc) is 2.48. The van der Waals surface area contributed by atoms with E-state index >= 15 is 0 Å². The van der Waals surface area contributed by atoms with Crippen molar-refractivity contribution < 1.29 is 0 Å². The van der Waals surface area contributed by atoms with Gasteiger partial charge in [0.1, 0.15) is 0 Å². The zero-order chi connectivity index (χ0) is 9.42. The van der Waals surface area contributed by atoms with Crippen LogP contribution in [-0.2, 0) is 0 Å². The highest BCUT2D eigenvalue weighted by atomic mass is 79.9. The van der Waals surface area contributed by atoms with Crippen LogP contribution in [0.2, 0.25) is 0 Å². The minimum atomic E-state index is 0.965. The standard InChI is InChI=1S/C9H9BrN2S/c1-5-3-7-8(4-6(5)10)13-9(11-2)12-7/h3-4H,1-2H3,(H,11,12). The van der Waals surface area contributed by atoms with Crippen LogP contribution in [0.5, 0.6) is 0 Å². The molecule has 2 rings (SSSR count). The van der Waals surface area contributed by atoms with Crippen molar-refractivity contribution in [1.82, 2.24) is 4.98 Å². The van der Waals surface area contributed by atoms with E-state index in [1.54, 1.807) is 11.3 Å². The van der Waals surface area contributed by atoms with Gasteiger partial charge in [-0.05, 0) is 24.6 Å². The molecule has 0 amide bonds. The Morgan fingerprint density at radius 2 is 2.23 bits per heavy atom. The summed E-state index contributed by atoms with van der Waals surface area (Å²) in [6.07, 6.45) is 0. The first-order valence-corrected chi connectivity index (χ1v) is 5.56. The molecule has 0 radical (unpaired) electrons. The van der Waals surface area contributed by atoms with Crippen LogP contribution in [0.1, 0.15) is 5.56 Å². The number of halogens is 1. The lowest BCUT2D eigenvalue weighted by Crippen LogP contribution is -1.84. The summed E-state index contributed by atoms with van der Waals surface area (Å²) in [5, 5.41) is 4.01. The van der Waals surface area contributed by atoms with Gasteiger partial charge in [-0.3, -0.25) is 0 Å². The molecular formula is C9H9BrN2S. The fourth-order valence-corrected chi connectivity index (χ4v) is 2.50. The first-order chi connectivity index (χ1) is 6.20. The molecule has 1 N–H and O–H groups in total. The second-order valence-electron chi connectivity index (χ2n) is 2.84. The van der Waals surface area contributed by atoms with Crippen molar-refractivity contribution in [2.24, 2.45) is 0 Å². The summed E-state index contributed by atoms with van der Waals surface area (Å²) >= 11 is 5.17. The molecule has 0 spiro atoms. The van der Waals surface area contributed by atoms with Crippen molar-refractivity contribution >= 4 is 42.6 Å². The van der Waals surface area contributed by atoms with Gasteiger partial charge in [0, 0.05) is 11.5 Å². The molecule has 68 valence electrons. The number of fused-ring (bicyclic) bond motifs is 1. The van der Waals surface area contributed by atoms with Crippen molar-refractivity contribution in [3.05, 3.63) is 22.2 Å². The maximum atomic E-state index is 4.42. The van der Waals surface area contributed by atoms with Crippen LogP contribution in [0.15, 0.2) is 16.6 Å². The maximum absolute atomic E-state index is 4.42. The van der Waals surface area contributed by atoms with Crippen LogP contribution in [0, 0.1) is 6.92 Å². The topological polar surface area (TPSA) is 24.9 Å². The molecule has 1 aromatic carbocycles. The summed E-state index contributed by atoms with van der Waals surface area (Å²) in [6, 6.07) is 4.21. The van der Waals surface area contributed by atoms with E-state index in [1.807, 2.05) is 7.05 Å². The number of hydrogen-bond donors (Lipinski definition) is 1.